The number of oxazole rings is 1. The summed E-state index contributed by atoms with van der Waals surface area (Å²) < 4.78 is 18.9. The first kappa shape index (κ1) is 13.1. The predicted molar refractivity (Wildman–Crippen MR) is 66.4 cm³/mol. The lowest BCUT2D eigenvalue weighted by Gasteiger charge is -2.04. The first-order chi connectivity index (χ1) is 8.49. The Labute approximate surface area is 114 Å². The van der Waals surface area contributed by atoms with Gasteiger partial charge in [0.15, 0.2) is 5.82 Å². The summed E-state index contributed by atoms with van der Waals surface area (Å²) in [6, 6.07) is 2.71. The van der Waals surface area contributed by atoms with Crippen LogP contribution in [0.25, 0.3) is 0 Å². The number of hydrogen-bond acceptors (Lipinski definition) is 4. The maximum absolute atomic E-state index is 13.9. The lowest BCUT2D eigenvalue weighted by Crippen LogP contribution is -2.00. The number of aryl methyl sites for hydroxylation is 1. The molecule has 0 aliphatic rings. The molecule has 2 aromatic rings. The third kappa shape index (κ3) is 2.56. The molecular formula is C11H7BrFNO3S. The van der Waals surface area contributed by atoms with Gasteiger partial charge in [0.05, 0.1) is 20.6 Å². The van der Waals surface area contributed by atoms with Gasteiger partial charge in [-0.05, 0) is 46.7 Å². The average molecular weight is 332 g/mol. The summed E-state index contributed by atoms with van der Waals surface area (Å²) in [6.45, 7) is 1.76. The van der Waals surface area contributed by atoms with Crippen LogP contribution in [0, 0.1) is 12.7 Å². The Morgan fingerprint density at radius 3 is 2.83 bits per heavy atom. The molecule has 0 radical (unpaired) electrons. The molecule has 1 aromatic heterocycles. The van der Waals surface area contributed by atoms with Crippen LogP contribution in [-0.4, -0.2) is 16.1 Å². The summed E-state index contributed by atoms with van der Waals surface area (Å²) in [6.07, 6.45) is 1.46. The van der Waals surface area contributed by atoms with Crippen molar-refractivity contribution >= 4 is 33.7 Å². The molecule has 2 rings (SSSR count). The number of carbonyl (C=O) groups is 1. The second-order valence-electron chi connectivity index (χ2n) is 3.40. The molecule has 1 N–H and O–H groups in total. The summed E-state index contributed by atoms with van der Waals surface area (Å²) in [5.74, 6) is -1.83. The number of aromatic nitrogens is 1. The van der Waals surface area contributed by atoms with E-state index >= 15 is 0 Å². The van der Waals surface area contributed by atoms with Gasteiger partial charge in [-0.25, -0.2) is 14.2 Å². The molecule has 0 amide bonds. The lowest BCUT2D eigenvalue weighted by molar-refractivity contribution is 0.0695. The SMILES string of the molecule is Cc1coc(Sc2ccc(C(=O)O)c(Br)c2F)n1. The van der Waals surface area contributed by atoms with E-state index in [-0.39, 0.29) is 14.9 Å². The van der Waals surface area contributed by atoms with Gasteiger partial charge in [-0.3, -0.25) is 0 Å². The number of benzene rings is 1. The van der Waals surface area contributed by atoms with Gasteiger partial charge in [0.2, 0.25) is 0 Å². The second-order valence-corrected chi connectivity index (χ2v) is 5.19. The molecule has 0 bridgehead atoms. The summed E-state index contributed by atoms with van der Waals surface area (Å²) in [7, 11) is 0. The zero-order valence-corrected chi connectivity index (χ0v) is 11.5. The van der Waals surface area contributed by atoms with E-state index in [1.165, 1.54) is 18.4 Å². The van der Waals surface area contributed by atoms with E-state index in [0.717, 1.165) is 11.8 Å². The van der Waals surface area contributed by atoms with Crippen molar-refractivity contribution in [2.75, 3.05) is 0 Å². The number of rotatable bonds is 3. The highest BCUT2D eigenvalue weighted by molar-refractivity contribution is 9.10. The molecule has 0 saturated heterocycles. The van der Waals surface area contributed by atoms with E-state index in [0.29, 0.717) is 10.9 Å². The summed E-state index contributed by atoms with van der Waals surface area (Å²) in [5, 5.41) is 9.15. The topological polar surface area (TPSA) is 63.3 Å². The Kier molecular flexibility index (Phi) is 3.72. The molecule has 0 aliphatic heterocycles. The van der Waals surface area contributed by atoms with Gasteiger partial charge >= 0.3 is 5.97 Å². The highest BCUT2D eigenvalue weighted by atomic mass is 79.9. The zero-order valence-electron chi connectivity index (χ0n) is 9.11. The fraction of sp³-hybridized carbons (Fsp3) is 0.0909. The van der Waals surface area contributed by atoms with Crippen LogP contribution < -0.4 is 0 Å². The van der Waals surface area contributed by atoms with Crippen LogP contribution in [0.2, 0.25) is 0 Å². The minimum Gasteiger partial charge on any atom is -0.478 e. The van der Waals surface area contributed by atoms with E-state index in [1.807, 2.05) is 0 Å². The first-order valence-corrected chi connectivity index (χ1v) is 6.41. The second kappa shape index (κ2) is 5.11. The Balaban J connectivity index is 2.35. The molecular weight excluding hydrogens is 325 g/mol. The van der Waals surface area contributed by atoms with E-state index in [9.17, 15) is 9.18 Å². The molecule has 0 aliphatic carbocycles. The highest BCUT2D eigenvalue weighted by Gasteiger charge is 2.17. The monoisotopic (exact) mass is 331 g/mol. The normalized spacial score (nSPS) is 10.6. The van der Waals surface area contributed by atoms with Crippen molar-refractivity contribution in [3.63, 3.8) is 0 Å². The molecule has 18 heavy (non-hydrogen) atoms. The van der Waals surface area contributed by atoms with Crippen LogP contribution in [0.15, 0.2) is 37.4 Å². The Morgan fingerprint density at radius 2 is 2.28 bits per heavy atom. The Morgan fingerprint density at radius 1 is 1.56 bits per heavy atom. The van der Waals surface area contributed by atoms with Crippen molar-refractivity contribution in [3.8, 4) is 0 Å². The predicted octanol–water partition coefficient (Wildman–Crippen LogP) is 3.73. The van der Waals surface area contributed by atoms with Crippen LogP contribution in [-0.2, 0) is 0 Å². The summed E-state index contributed by atoms with van der Waals surface area (Å²) >= 11 is 3.92. The third-order valence-corrected chi connectivity index (χ3v) is 3.75. The molecule has 1 heterocycles. The minimum absolute atomic E-state index is 0.0803. The first-order valence-electron chi connectivity index (χ1n) is 4.80. The van der Waals surface area contributed by atoms with E-state index in [2.05, 4.69) is 20.9 Å². The van der Waals surface area contributed by atoms with Gasteiger partial charge < -0.3 is 9.52 Å². The zero-order chi connectivity index (χ0) is 13.3. The van der Waals surface area contributed by atoms with Crippen molar-refractivity contribution in [1.82, 2.24) is 4.98 Å². The van der Waals surface area contributed by atoms with Crippen molar-refractivity contribution < 1.29 is 18.7 Å². The van der Waals surface area contributed by atoms with Gasteiger partial charge in [0.25, 0.3) is 5.22 Å². The van der Waals surface area contributed by atoms with Crippen molar-refractivity contribution in [1.29, 1.82) is 0 Å². The number of carboxylic acids is 1. The number of carboxylic acid groups (broad SMARTS) is 1. The summed E-state index contributed by atoms with van der Waals surface area (Å²) in [5.41, 5.74) is 0.569. The van der Waals surface area contributed by atoms with Gasteiger partial charge in [0.1, 0.15) is 6.26 Å². The standard InChI is InChI=1S/C11H7BrFNO3S/c1-5-4-17-11(14-5)18-7-3-2-6(10(15)16)8(12)9(7)13/h2-4H,1H3,(H,15,16). The fourth-order valence-electron chi connectivity index (χ4n) is 1.25. The molecule has 0 saturated carbocycles. The van der Waals surface area contributed by atoms with Crippen LogP contribution in [0.4, 0.5) is 4.39 Å². The maximum atomic E-state index is 13.9. The van der Waals surface area contributed by atoms with Crippen molar-refractivity contribution in [2.45, 2.75) is 17.0 Å². The summed E-state index contributed by atoms with van der Waals surface area (Å²) in [4.78, 5) is 15.1. The lowest BCUT2D eigenvalue weighted by atomic mass is 10.2. The van der Waals surface area contributed by atoms with E-state index in [1.54, 1.807) is 6.92 Å². The van der Waals surface area contributed by atoms with Crippen LogP contribution in [0.1, 0.15) is 16.1 Å². The molecule has 94 valence electrons. The molecule has 0 unspecified atom stereocenters. The molecule has 7 heteroatoms. The number of halogens is 2. The largest absolute Gasteiger partial charge is 0.478 e. The fourth-order valence-corrected chi connectivity index (χ4v) is 2.70. The van der Waals surface area contributed by atoms with Crippen LogP contribution >= 0.6 is 27.7 Å². The third-order valence-electron chi connectivity index (χ3n) is 2.07. The van der Waals surface area contributed by atoms with E-state index < -0.39 is 11.8 Å². The number of nitrogens with zero attached hydrogens (tertiary/aromatic N) is 1. The molecule has 4 nitrogen and oxygen atoms in total. The van der Waals surface area contributed by atoms with Gasteiger partial charge in [-0.15, -0.1) is 0 Å². The maximum Gasteiger partial charge on any atom is 0.336 e. The van der Waals surface area contributed by atoms with Crippen LogP contribution in [0.5, 0.6) is 0 Å². The van der Waals surface area contributed by atoms with Crippen molar-refractivity contribution in [2.24, 2.45) is 0 Å². The van der Waals surface area contributed by atoms with E-state index in [4.69, 9.17) is 9.52 Å². The molecule has 0 atom stereocenters. The number of aromatic carboxylic acids is 1. The highest BCUT2D eigenvalue weighted by Crippen LogP contribution is 2.34. The molecule has 1 aromatic carbocycles. The molecule has 0 fully saturated rings. The average Bonchev–Trinajstić information content (AvgIpc) is 2.70. The van der Waals surface area contributed by atoms with Gasteiger partial charge in [-0.2, -0.15) is 0 Å². The smallest absolute Gasteiger partial charge is 0.336 e. The Hall–Kier alpha value is -1.34. The quantitative estimate of drug-likeness (QED) is 0.928. The van der Waals surface area contributed by atoms with Crippen LogP contribution in [0.3, 0.4) is 0 Å². The Bertz CT molecular complexity index is 614. The number of hydrogen-bond donors (Lipinski definition) is 1. The van der Waals surface area contributed by atoms with Crippen molar-refractivity contribution in [3.05, 3.63) is 39.9 Å². The molecule has 0 spiro atoms. The minimum atomic E-state index is -1.19. The van der Waals surface area contributed by atoms with Gasteiger partial charge in [-0.1, -0.05) is 0 Å². The van der Waals surface area contributed by atoms with Gasteiger partial charge in [0, 0.05) is 0 Å².